The van der Waals surface area contributed by atoms with Crippen LogP contribution < -0.4 is 53.1 Å². The van der Waals surface area contributed by atoms with Crippen molar-refractivity contribution in [2.45, 2.75) is 24.5 Å². The van der Waals surface area contributed by atoms with Crippen LogP contribution in [0.1, 0.15) is 6.23 Å². The molecule has 25 heavy (non-hydrogen) atoms. The molecule has 0 spiro atoms. The SMILES string of the molecule is O=[13c]1[15nH][13cH][15n][13c]2[13c]1[15n][13cH][15n]2[13C@@H]1O[13C@H]([13CH2]OP(=O)([O-])[O-])[13C@@H](O)[13C@H]1O.[Li+].[Li+]. The Morgan fingerprint density at radius 2 is 2.00 bits per heavy atom. The summed E-state index contributed by atoms with van der Waals surface area (Å²) in [7, 11) is -5.24. The Hall–Kier alpha value is -0.465. The fraction of sp³-hybridized carbons (Fsp3) is 0.500. The second-order valence-electron chi connectivity index (χ2n) is 4.84. The number of hydrogen-bond acceptors (Lipinski definition) is 10. The number of rotatable bonds is 4. The van der Waals surface area contributed by atoms with E-state index in [4.69, 9.17) is 4.74 Å². The number of phosphoric acid groups is 1. The molecule has 0 saturated carbocycles. The molecule has 0 amide bonds. The van der Waals surface area contributed by atoms with Crippen LogP contribution in [0, 0.1) is 0 Å². The Bertz CT molecular complexity index is 825. The molecule has 2 aromatic rings. The number of H-pyrrole nitrogens is 1. The fourth-order valence-corrected chi connectivity index (χ4v) is 2.64. The molecule has 15 heteroatoms. The molecule has 1 saturated heterocycles. The number of nitrogens with zero attached hydrogens (tertiary/aromatic N) is 3. The third-order valence-electron chi connectivity index (χ3n) is 3.37. The number of hydrogen-bond donors (Lipinski definition) is 3. The summed E-state index contributed by atoms with van der Waals surface area (Å²) >= 11 is 0. The Kier molecular flexibility index (Phi) is 7.66. The van der Waals surface area contributed by atoms with Gasteiger partial charge in [0.05, 0.1) is 27.1 Å². The van der Waals surface area contributed by atoms with Gasteiger partial charge < -0.3 is 38.8 Å². The summed E-state index contributed by atoms with van der Waals surface area (Å²) in [6.07, 6.45) is -3.11. The molecule has 1 aliphatic rings. The number of ether oxygens (including phenoxy) is 1. The monoisotopic (exact) mass is 374 g/mol. The summed E-state index contributed by atoms with van der Waals surface area (Å²) in [6, 6.07) is 0. The van der Waals surface area contributed by atoms with Gasteiger partial charge in [-0.05, 0) is 0 Å². The first-order chi connectivity index (χ1) is 10.8. The van der Waals surface area contributed by atoms with Gasteiger partial charge in [0.2, 0.25) is 0 Å². The predicted molar refractivity (Wildman–Crippen MR) is 67.6 cm³/mol. The van der Waals surface area contributed by atoms with Crippen LogP contribution in [-0.2, 0) is 13.8 Å². The normalized spacial score (nSPS) is 26.2. The van der Waals surface area contributed by atoms with Gasteiger partial charge in [-0.3, -0.25) is 9.36 Å². The minimum atomic E-state index is -5.24. The zero-order valence-electron chi connectivity index (χ0n) is 13.3. The third-order valence-corrected chi connectivity index (χ3v) is 3.84. The standard InChI is InChI=1S/C10H13N4O8P.2Li/c15-6-4(1-21-23(18,19)20)22-10(7(6)16)14-3-13-5-8(14)11-2-12-9(5)17;;/h2-4,6-7,10,15-16H,1H2,(H,11,12,17)(H2,18,19,20);;/q;2*+1/p-2/t4-,6-,7-,10-;;/m1../s1/i1+1,2+1,3+1,4+1,5+1,6+1,7+1,8+1,9+1,10+1,11+1,12+1,13+1,14+1;;. The van der Waals surface area contributed by atoms with Crippen molar-refractivity contribution in [1.82, 2.24) is 19.5 Å². The smallest absolute Gasteiger partial charge is 0.790 e. The number of imidazole rings is 1. The van der Waals surface area contributed by atoms with Crippen molar-refractivity contribution in [3.63, 3.8) is 0 Å². The molecular weight excluding hydrogens is 363 g/mol. The minimum Gasteiger partial charge on any atom is -0.790 e. The van der Waals surface area contributed by atoms with Crippen molar-refractivity contribution >= 4 is 19.0 Å². The van der Waals surface area contributed by atoms with Crippen molar-refractivity contribution < 1.29 is 71.5 Å². The van der Waals surface area contributed by atoms with Crippen LogP contribution in [0.2, 0.25) is 0 Å². The van der Waals surface area contributed by atoms with Gasteiger partial charge >= 0.3 is 37.7 Å². The Labute approximate surface area is 164 Å². The first-order valence-electron chi connectivity index (χ1n) is 6.36. The van der Waals surface area contributed by atoms with Crippen LogP contribution in [0.4, 0.5) is 0 Å². The zero-order chi connectivity index (χ0) is 16.8. The minimum absolute atomic E-state index is 0. The number of nitrogens with one attached hydrogen (secondary N) is 1. The van der Waals surface area contributed by atoms with E-state index in [-0.39, 0.29) is 48.9 Å². The topological polar surface area (TPSA) is 186 Å². The van der Waals surface area contributed by atoms with E-state index in [0.717, 1.165) is 6.33 Å². The summed E-state index contributed by atoms with van der Waals surface area (Å²) in [5, 5.41) is 19.9. The molecule has 3 heterocycles. The van der Waals surface area contributed by atoms with Crippen LogP contribution in [-0.4, -0.2) is 54.7 Å². The number of aliphatic hydroxyl groups excluding tert-OH is 2. The molecular formula is C10H11Li2N4O8P. The fourth-order valence-electron chi connectivity index (χ4n) is 2.31. The zero-order valence-corrected chi connectivity index (χ0v) is 14.2. The number of aromatic nitrogens is 4. The molecule has 0 bridgehead atoms. The van der Waals surface area contributed by atoms with Gasteiger partial charge in [-0.1, -0.05) is 0 Å². The first kappa shape index (κ1) is 22.6. The molecule has 2 aromatic heterocycles. The Balaban J connectivity index is 0.00000156. The molecule has 3 N–H and O–H groups in total. The van der Waals surface area contributed by atoms with Gasteiger partial charge in [-0.2, -0.15) is 0 Å². The number of aliphatic hydroxyl groups is 2. The van der Waals surface area contributed by atoms with Crippen LogP contribution >= 0.6 is 7.82 Å². The Morgan fingerprint density at radius 3 is 2.64 bits per heavy atom. The van der Waals surface area contributed by atoms with E-state index in [1.54, 1.807) is 0 Å². The molecule has 126 valence electrons. The number of fused-ring (bicyclic) bond motifs is 1. The molecule has 1 aliphatic heterocycles. The quantitative estimate of drug-likeness (QED) is 0.264. The first-order valence-corrected chi connectivity index (χ1v) is 7.82. The predicted octanol–water partition coefficient (Wildman–Crippen LogP) is -9.41. The van der Waals surface area contributed by atoms with Gasteiger partial charge in [0, 0.05) is 0 Å². The van der Waals surface area contributed by atoms with E-state index < -0.39 is 44.5 Å². The summed E-state index contributed by atoms with van der Waals surface area (Å²) in [4.78, 5) is 42.6. The maximum Gasteiger partial charge on any atom is 1.00 e. The van der Waals surface area contributed by atoms with Crippen molar-refractivity contribution in [1.29, 1.82) is 0 Å². The van der Waals surface area contributed by atoms with Crippen LogP contribution in [0.25, 0.3) is 11.2 Å². The van der Waals surface area contributed by atoms with E-state index in [9.17, 15) is 29.4 Å². The molecule has 4 atom stereocenters. The van der Waals surface area contributed by atoms with Gasteiger partial charge in [-0.15, -0.1) is 0 Å². The molecule has 0 radical (unpaired) electrons. The molecule has 12 nitrogen and oxygen atoms in total. The number of phosphoric ester groups is 1. The van der Waals surface area contributed by atoms with E-state index >= 15 is 0 Å². The second kappa shape index (κ2) is 8.48. The Morgan fingerprint density at radius 1 is 1.32 bits per heavy atom. The van der Waals surface area contributed by atoms with Gasteiger partial charge in [0.15, 0.2) is 17.4 Å². The molecule has 3 rings (SSSR count). The van der Waals surface area contributed by atoms with Crippen molar-refractivity contribution in [2.75, 3.05) is 6.61 Å². The van der Waals surface area contributed by atoms with E-state index in [2.05, 4.69) is 19.5 Å². The summed E-state index contributed by atoms with van der Waals surface area (Å²) in [6.45, 7) is -0.750. The third kappa shape index (κ3) is 4.63. The summed E-state index contributed by atoms with van der Waals surface area (Å²) in [5.74, 6) is 0. The van der Waals surface area contributed by atoms with E-state index in [1.807, 2.05) is 0 Å². The van der Waals surface area contributed by atoms with Gasteiger partial charge in [0.1, 0.15) is 18.3 Å². The van der Waals surface area contributed by atoms with Crippen LogP contribution in [0.3, 0.4) is 0 Å². The van der Waals surface area contributed by atoms with Gasteiger partial charge in [0.25, 0.3) is 5.56 Å². The average molecular weight is 374 g/mol. The second-order valence-corrected chi connectivity index (χ2v) is 6.00. The molecule has 0 aromatic carbocycles. The van der Waals surface area contributed by atoms with E-state index in [0.29, 0.717) is 0 Å². The average Bonchev–Trinajstić information content (AvgIpc) is 3.01. The van der Waals surface area contributed by atoms with Crippen molar-refractivity contribution in [3.05, 3.63) is 23.0 Å². The van der Waals surface area contributed by atoms with E-state index in [1.165, 1.54) is 10.9 Å². The molecule has 1 fully saturated rings. The van der Waals surface area contributed by atoms with Crippen molar-refractivity contribution in [3.8, 4) is 0 Å². The number of aromatic amines is 1. The van der Waals surface area contributed by atoms with Gasteiger partial charge in [-0.25, -0.2) is 9.97 Å². The maximum atomic E-state index is 11.6. The summed E-state index contributed by atoms with van der Waals surface area (Å²) in [5.41, 5.74) is -0.397. The summed E-state index contributed by atoms with van der Waals surface area (Å²) < 4.78 is 21.1. The van der Waals surface area contributed by atoms with Crippen LogP contribution in [0.15, 0.2) is 17.4 Å². The molecule has 0 unspecified atom stereocenters. The van der Waals surface area contributed by atoms with Crippen molar-refractivity contribution in [2.24, 2.45) is 0 Å². The molecule has 0 aliphatic carbocycles. The maximum absolute atomic E-state index is 11.6. The van der Waals surface area contributed by atoms with Crippen LogP contribution in [0.5, 0.6) is 0 Å². The largest absolute Gasteiger partial charge is 1.00 e.